The van der Waals surface area contributed by atoms with Gasteiger partial charge in [0, 0.05) is 22.3 Å². The van der Waals surface area contributed by atoms with Crippen LogP contribution in [0.15, 0.2) is 68.8 Å². The van der Waals surface area contributed by atoms with E-state index in [-0.39, 0.29) is 22.2 Å². The van der Waals surface area contributed by atoms with Gasteiger partial charge in [-0.2, -0.15) is 0 Å². The van der Waals surface area contributed by atoms with E-state index in [9.17, 15) is 19.5 Å². The number of carbonyl (C=O) groups is 2. The van der Waals surface area contributed by atoms with Crippen molar-refractivity contribution in [2.75, 3.05) is 0 Å². The van der Waals surface area contributed by atoms with Crippen LogP contribution in [-0.4, -0.2) is 21.7 Å². The first kappa shape index (κ1) is 16.3. The molecule has 0 saturated carbocycles. The predicted molar refractivity (Wildman–Crippen MR) is 103 cm³/mol. The first-order valence-corrected chi connectivity index (χ1v) is 9.81. The molecule has 0 spiro atoms. The van der Waals surface area contributed by atoms with E-state index >= 15 is 0 Å². The van der Waals surface area contributed by atoms with Crippen molar-refractivity contribution in [2.45, 2.75) is 10.9 Å². The summed E-state index contributed by atoms with van der Waals surface area (Å²) < 4.78 is 0. The molecule has 1 aliphatic heterocycles. The van der Waals surface area contributed by atoms with Gasteiger partial charge < -0.3 is 10.1 Å². The second kappa shape index (κ2) is 5.80. The fraction of sp³-hybridized carbons (Fsp3) is 0.0500. The van der Waals surface area contributed by atoms with Crippen LogP contribution >= 0.6 is 23.1 Å². The van der Waals surface area contributed by atoms with Crippen molar-refractivity contribution < 1.29 is 14.7 Å². The number of Topliss-reactive ketones (excluding diaryl/α,β-unsaturated/α-hetero) is 2. The van der Waals surface area contributed by atoms with Gasteiger partial charge >= 0.3 is 4.87 Å². The number of nitrogens with one attached hydrogen (secondary N) is 1. The number of hydrogen-bond acceptors (Lipinski definition) is 6. The molecular weight excluding hydrogens is 382 g/mol. The zero-order valence-corrected chi connectivity index (χ0v) is 15.3. The molecule has 2 heterocycles. The highest BCUT2D eigenvalue weighted by molar-refractivity contribution is 8.04. The molecule has 5 nitrogen and oxygen atoms in total. The smallest absolute Gasteiger partial charge is 0.305 e. The third-order valence-electron chi connectivity index (χ3n) is 4.76. The number of para-hydroxylation sites is 1. The Bertz CT molecular complexity index is 1230. The van der Waals surface area contributed by atoms with Crippen molar-refractivity contribution in [3.63, 3.8) is 0 Å². The van der Waals surface area contributed by atoms with Crippen LogP contribution in [0, 0.1) is 0 Å². The number of aromatic hydroxyl groups is 1. The maximum absolute atomic E-state index is 13.3. The number of phenols is 1. The second-order valence-electron chi connectivity index (χ2n) is 6.25. The van der Waals surface area contributed by atoms with Crippen LogP contribution < -0.4 is 4.87 Å². The molecule has 0 radical (unpaired) electrons. The van der Waals surface area contributed by atoms with Gasteiger partial charge in [0.25, 0.3) is 0 Å². The molecule has 1 atom stereocenters. The van der Waals surface area contributed by atoms with Crippen molar-refractivity contribution in [2.24, 2.45) is 0 Å². The lowest BCUT2D eigenvalue weighted by molar-refractivity contribution is 0.0977. The molecule has 3 aromatic rings. The maximum atomic E-state index is 13.3. The molecule has 1 aromatic heterocycles. The van der Waals surface area contributed by atoms with Crippen LogP contribution in [-0.2, 0) is 0 Å². The lowest BCUT2D eigenvalue weighted by atomic mass is 9.79. The summed E-state index contributed by atoms with van der Waals surface area (Å²) in [6.07, 6.45) is 0. The van der Waals surface area contributed by atoms with E-state index in [4.69, 9.17) is 0 Å². The highest BCUT2D eigenvalue weighted by Gasteiger charge is 2.43. The summed E-state index contributed by atoms with van der Waals surface area (Å²) >= 11 is 2.13. The minimum atomic E-state index is -0.661. The first-order valence-electron chi connectivity index (χ1n) is 8.17. The standard InChI is InChI=1S/C20H11NO4S2/c22-12-8-4-3-7-11(12)13-14-15(23)9-5-1-2-6-10(9)16(24)17(14)26-19-18(13)27-20(25)21-19/h1-8,13,22H,(H,21,25). The van der Waals surface area contributed by atoms with Crippen LogP contribution in [0.25, 0.3) is 0 Å². The normalized spacial score (nSPS) is 18.1. The fourth-order valence-electron chi connectivity index (χ4n) is 3.59. The first-order chi connectivity index (χ1) is 13.1. The Hall–Kier alpha value is -2.90. The van der Waals surface area contributed by atoms with E-state index < -0.39 is 5.92 Å². The number of ketones is 2. The van der Waals surface area contributed by atoms with Crippen LogP contribution in [0.3, 0.4) is 0 Å². The summed E-state index contributed by atoms with van der Waals surface area (Å²) in [6, 6.07) is 13.4. The topological polar surface area (TPSA) is 87.2 Å². The van der Waals surface area contributed by atoms with E-state index in [1.165, 1.54) is 6.07 Å². The van der Waals surface area contributed by atoms with Crippen molar-refractivity contribution in [1.82, 2.24) is 4.98 Å². The monoisotopic (exact) mass is 393 g/mol. The largest absolute Gasteiger partial charge is 0.508 e. The minimum absolute atomic E-state index is 0.0205. The Labute approximate surface area is 161 Å². The van der Waals surface area contributed by atoms with Gasteiger partial charge in [0.1, 0.15) is 5.75 Å². The number of H-pyrrole nitrogens is 1. The second-order valence-corrected chi connectivity index (χ2v) is 8.28. The Morgan fingerprint density at radius 2 is 1.56 bits per heavy atom. The molecule has 132 valence electrons. The molecule has 2 aliphatic rings. The summed E-state index contributed by atoms with van der Waals surface area (Å²) in [5, 5.41) is 11.0. The maximum Gasteiger partial charge on any atom is 0.305 e. The van der Waals surface area contributed by atoms with E-state index in [1.54, 1.807) is 42.5 Å². The van der Waals surface area contributed by atoms with E-state index in [2.05, 4.69) is 4.98 Å². The zero-order valence-electron chi connectivity index (χ0n) is 13.7. The van der Waals surface area contributed by atoms with E-state index in [0.717, 1.165) is 23.1 Å². The van der Waals surface area contributed by atoms with Gasteiger partial charge in [-0.25, -0.2) is 0 Å². The number of allylic oxidation sites excluding steroid dienone is 2. The zero-order chi connectivity index (χ0) is 18.7. The van der Waals surface area contributed by atoms with Gasteiger partial charge in [0.15, 0.2) is 5.78 Å². The molecule has 0 amide bonds. The molecule has 1 unspecified atom stereocenters. The molecule has 0 bridgehead atoms. The van der Waals surface area contributed by atoms with E-state index in [1.807, 2.05) is 0 Å². The number of thioether (sulfide) groups is 1. The van der Waals surface area contributed by atoms with Gasteiger partial charge in [-0.05, 0) is 6.07 Å². The van der Waals surface area contributed by atoms with E-state index in [0.29, 0.717) is 37.1 Å². The lowest BCUT2D eigenvalue weighted by Crippen LogP contribution is -2.27. The number of carbonyl (C=O) groups excluding carboxylic acids is 2. The van der Waals surface area contributed by atoms with Gasteiger partial charge in [-0.15, -0.1) is 0 Å². The van der Waals surface area contributed by atoms with Crippen molar-refractivity contribution in [3.05, 3.63) is 90.2 Å². The number of benzene rings is 2. The van der Waals surface area contributed by atoms with Crippen molar-refractivity contribution in [3.8, 4) is 5.75 Å². The summed E-state index contributed by atoms with van der Waals surface area (Å²) in [4.78, 5) is 41.9. The summed E-state index contributed by atoms with van der Waals surface area (Å²) in [5.74, 6) is -1.12. The quantitative estimate of drug-likeness (QED) is 0.658. The van der Waals surface area contributed by atoms with Crippen LogP contribution in [0.2, 0.25) is 0 Å². The Balaban J connectivity index is 1.83. The Kier molecular flexibility index (Phi) is 3.50. The fourth-order valence-corrected chi connectivity index (χ4v) is 5.85. The average molecular weight is 393 g/mol. The number of thiazole rings is 1. The van der Waals surface area contributed by atoms with Gasteiger partial charge in [-0.3, -0.25) is 14.4 Å². The number of hydrogen-bond donors (Lipinski definition) is 2. The number of fused-ring (bicyclic) bond motifs is 2. The molecule has 5 rings (SSSR count). The number of aromatic nitrogens is 1. The van der Waals surface area contributed by atoms with Gasteiger partial charge in [0.05, 0.1) is 20.7 Å². The number of phenolic OH excluding ortho intramolecular Hbond substituents is 1. The molecule has 27 heavy (non-hydrogen) atoms. The van der Waals surface area contributed by atoms with Crippen LogP contribution in [0.1, 0.15) is 37.1 Å². The molecule has 2 N–H and O–H groups in total. The van der Waals surface area contributed by atoms with Crippen LogP contribution in [0.4, 0.5) is 0 Å². The molecular formula is C20H11NO4S2. The lowest BCUT2D eigenvalue weighted by Gasteiger charge is -2.30. The minimum Gasteiger partial charge on any atom is -0.508 e. The SMILES string of the molecule is O=C1C2=C(C(=O)c3ccccc31)C(c1ccccc1O)c1sc(=O)[nH]c1S2. The molecule has 1 aliphatic carbocycles. The number of rotatable bonds is 1. The summed E-state index contributed by atoms with van der Waals surface area (Å²) in [6.45, 7) is 0. The third kappa shape index (κ3) is 2.28. The van der Waals surface area contributed by atoms with Gasteiger partial charge in [0.2, 0.25) is 5.78 Å². The van der Waals surface area contributed by atoms with Crippen molar-refractivity contribution in [1.29, 1.82) is 0 Å². The van der Waals surface area contributed by atoms with Crippen molar-refractivity contribution >= 4 is 34.7 Å². The highest BCUT2D eigenvalue weighted by Crippen LogP contribution is 2.52. The highest BCUT2D eigenvalue weighted by atomic mass is 32.2. The summed E-state index contributed by atoms with van der Waals surface area (Å²) in [7, 11) is 0. The average Bonchev–Trinajstić information content (AvgIpc) is 3.05. The summed E-state index contributed by atoms with van der Waals surface area (Å²) in [5.41, 5.74) is 1.55. The Morgan fingerprint density at radius 3 is 2.30 bits per heavy atom. The third-order valence-corrected chi connectivity index (χ3v) is 6.97. The number of aromatic amines is 1. The predicted octanol–water partition coefficient (Wildman–Crippen LogP) is 3.71. The molecule has 7 heteroatoms. The molecule has 0 fully saturated rings. The van der Waals surface area contributed by atoms with Crippen LogP contribution in [0.5, 0.6) is 5.75 Å². The molecule has 2 aromatic carbocycles. The van der Waals surface area contributed by atoms with Gasteiger partial charge in [-0.1, -0.05) is 65.6 Å². The molecule has 0 saturated heterocycles. The Morgan fingerprint density at radius 1 is 0.889 bits per heavy atom.